The van der Waals surface area contributed by atoms with E-state index >= 15 is 0 Å². The lowest BCUT2D eigenvalue weighted by Gasteiger charge is -2.15. The van der Waals surface area contributed by atoms with Crippen LogP contribution in [0.4, 0.5) is 0 Å². The third kappa shape index (κ3) is 9.72. The summed E-state index contributed by atoms with van der Waals surface area (Å²) in [6, 6.07) is 0.418. The minimum Gasteiger partial charge on any atom is -0.378 e. The van der Waals surface area contributed by atoms with Crippen LogP contribution in [-0.2, 0) is 4.74 Å². The van der Waals surface area contributed by atoms with Crippen molar-refractivity contribution in [1.29, 1.82) is 0 Å². The van der Waals surface area contributed by atoms with Crippen LogP contribution in [0.5, 0.6) is 0 Å². The lowest BCUT2D eigenvalue weighted by molar-refractivity contribution is 0.0413. The van der Waals surface area contributed by atoms with E-state index in [9.17, 15) is 0 Å². The van der Waals surface area contributed by atoms with Gasteiger partial charge in [0.25, 0.3) is 0 Å². The molecular formula is C17H35N3O. The Balaban J connectivity index is 2.08. The van der Waals surface area contributed by atoms with E-state index in [2.05, 4.69) is 36.4 Å². The number of hydrogen-bond acceptors (Lipinski definition) is 2. The molecular weight excluding hydrogens is 262 g/mol. The molecule has 2 N–H and O–H groups in total. The van der Waals surface area contributed by atoms with Gasteiger partial charge in [-0.3, -0.25) is 4.99 Å². The molecule has 0 saturated heterocycles. The minimum absolute atomic E-state index is 0.418. The Morgan fingerprint density at radius 1 is 1.14 bits per heavy atom. The molecule has 1 saturated carbocycles. The van der Waals surface area contributed by atoms with Crippen LogP contribution in [0, 0.1) is 0 Å². The number of unbranched alkanes of at least 4 members (excludes halogenated alkanes) is 1. The molecule has 0 aromatic heterocycles. The standard InChI is InChI=1S/C17H35N3O/c1-4-18-17(20-15(2)3)19-13-9-10-14-21-16-11-7-5-6-8-12-16/h15-16H,4-14H2,1-3H3,(H2,18,19,20). The van der Waals surface area contributed by atoms with E-state index < -0.39 is 0 Å². The predicted octanol–water partition coefficient (Wildman–Crippen LogP) is 3.47. The van der Waals surface area contributed by atoms with Gasteiger partial charge < -0.3 is 15.4 Å². The number of nitrogens with zero attached hydrogens (tertiary/aromatic N) is 1. The van der Waals surface area contributed by atoms with Crippen LogP contribution in [0.25, 0.3) is 0 Å². The SMILES string of the molecule is CCNC(=NCCCCOC1CCCCCC1)NC(C)C. The van der Waals surface area contributed by atoms with Gasteiger partial charge >= 0.3 is 0 Å². The van der Waals surface area contributed by atoms with Crippen molar-refractivity contribution in [2.24, 2.45) is 4.99 Å². The maximum Gasteiger partial charge on any atom is 0.191 e. The normalized spacial score (nSPS) is 17.8. The Morgan fingerprint density at radius 2 is 1.86 bits per heavy atom. The van der Waals surface area contributed by atoms with Crippen LogP contribution in [0.3, 0.4) is 0 Å². The van der Waals surface area contributed by atoms with Gasteiger partial charge in [-0.2, -0.15) is 0 Å². The molecule has 0 atom stereocenters. The lowest BCUT2D eigenvalue weighted by Crippen LogP contribution is -2.41. The first kappa shape index (κ1) is 18.3. The highest BCUT2D eigenvalue weighted by atomic mass is 16.5. The molecule has 0 aromatic carbocycles. The van der Waals surface area contributed by atoms with Crippen LogP contribution in [0.15, 0.2) is 4.99 Å². The van der Waals surface area contributed by atoms with Crippen molar-refractivity contribution in [3.63, 3.8) is 0 Å². The summed E-state index contributed by atoms with van der Waals surface area (Å²) in [5, 5.41) is 6.61. The second-order valence-electron chi connectivity index (χ2n) is 6.25. The van der Waals surface area contributed by atoms with Gasteiger partial charge in [-0.15, -0.1) is 0 Å². The fraction of sp³-hybridized carbons (Fsp3) is 0.941. The summed E-state index contributed by atoms with van der Waals surface area (Å²) >= 11 is 0. The molecule has 1 rings (SSSR count). The van der Waals surface area contributed by atoms with Gasteiger partial charge in [-0.05, 0) is 46.5 Å². The molecule has 1 aliphatic rings. The highest BCUT2D eigenvalue weighted by molar-refractivity contribution is 5.79. The Kier molecular flexibility index (Phi) is 10.3. The molecule has 4 nitrogen and oxygen atoms in total. The fourth-order valence-electron chi connectivity index (χ4n) is 2.66. The van der Waals surface area contributed by atoms with Gasteiger partial charge in [0.05, 0.1) is 6.10 Å². The molecule has 4 heteroatoms. The third-order valence-electron chi connectivity index (χ3n) is 3.75. The molecule has 0 unspecified atom stereocenters. The van der Waals surface area contributed by atoms with Crippen molar-refractivity contribution in [2.45, 2.75) is 84.3 Å². The highest BCUT2D eigenvalue weighted by Gasteiger charge is 2.11. The maximum atomic E-state index is 6.00. The van der Waals surface area contributed by atoms with E-state index in [0.717, 1.165) is 38.5 Å². The topological polar surface area (TPSA) is 45.7 Å². The predicted molar refractivity (Wildman–Crippen MR) is 90.9 cm³/mol. The summed E-state index contributed by atoms with van der Waals surface area (Å²) in [6.45, 7) is 9.03. The summed E-state index contributed by atoms with van der Waals surface area (Å²) < 4.78 is 6.00. The van der Waals surface area contributed by atoms with Crippen molar-refractivity contribution in [2.75, 3.05) is 19.7 Å². The minimum atomic E-state index is 0.418. The molecule has 0 amide bonds. The van der Waals surface area contributed by atoms with Gasteiger partial charge in [-0.25, -0.2) is 0 Å². The zero-order valence-corrected chi connectivity index (χ0v) is 14.3. The first-order valence-corrected chi connectivity index (χ1v) is 8.88. The second kappa shape index (κ2) is 11.8. The zero-order chi connectivity index (χ0) is 15.3. The number of nitrogens with one attached hydrogen (secondary N) is 2. The summed E-state index contributed by atoms with van der Waals surface area (Å²) in [6.07, 6.45) is 10.7. The van der Waals surface area contributed by atoms with Gasteiger partial charge in [0, 0.05) is 25.7 Å². The van der Waals surface area contributed by atoms with Crippen LogP contribution in [0.2, 0.25) is 0 Å². The molecule has 124 valence electrons. The molecule has 1 fully saturated rings. The van der Waals surface area contributed by atoms with E-state index in [1.165, 1.54) is 38.5 Å². The molecule has 0 spiro atoms. The summed E-state index contributed by atoms with van der Waals surface area (Å²) in [5.74, 6) is 0.928. The van der Waals surface area contributed by atoms with Crippen LogP contribution >= 0.6 is 0 Å². The Hall–Kier alpha value is -0.770. The monoisotopic (exact) mass is 297 g/mol. The number of ether oxygens (including phenoxy) is 1. The summed E-state index contributed by atoms with van der Waals surface area (Å²) in [5.41, 5.74) is 0. The van der Waals surface area contributed by atoms with Crippen LogP contribution in [0.1, 0.15) is 72.1 Å². The van der Waals surface area contributed by atoms with E-state index in [1.54, 1.807) is 0 Å². The number of hydrogen-bond donors (Lipinski definition) is 2. The summed E-state index contributed by atoms with van der Waals surface area (Å²) in [4.78, 5) is 4.59. The average Bonchev–Trinajstić information content (AvgIpc) is 2.71. The van der Waals surface area contributed by atoms with Crippen molar-refractivity contribution < 1.29 is 4.74 Å². The first-order chi connectivity index (χ1) is 10.2. The Labute approximate surface area is 131 Å². The third-order valence-corrected chi connectivity index (χ3v) is 3.75. The highest BCUT2D eigenvalue weighted by Crippen LogP contribution is 2.19. The Morgan fingerprint density at radius 3 is 2.48 bits per heavy atom. The molecule has 0 aromatic rings. The number of rotatable bonds is 8. The van der Waals surface area contributed by atoms with Crippen molar-refractivity contribution in [3.8, 4) is 0 Å². The van der Waals surface area contributed by atoms with Crippen LogP contribution in [-0.4, -0.2) is 37.8 Å². The maximum absolute atomic E-state index is 6.00. The smallest absolute Gasteiger partial charge is 0.191 e. The van der Waals surface area contributed by atoms with Crippen molar-refractivity contribution in [3.05, 3.63) is 0 Å². The fourth-order valence-corrected chi connectivity index (χ4v) is 2.66. The number of aliphatic imine (C=N–C) groups is 1. The van der Waals surface area contributed by atoms with Crippen molar-refractivity contribution in [1.82, 2.24) is 10.6 Å². The quantitative estimate of drug-likeness (QED) is 0.312. The first-order valence-electron chi connectivity index (χ1n) is 8.88. The lowest BCUT2D eigenvalue weighted by atomic mass is 10.1. The zero-order valence-electron chi connectivity index (χ0n) is 14.3. The number of guanidine groups is 1. The Bertz CT molecular complexity index is 271. The molecule has 0 aliphatic heterocycles. The van der Waals surface area contributed by atoms with Crippen LogP contribution < -0.4 is 10.6 Å². The van der Waals surface area contributed by atoms with Gasteiger partial charge in [-0.1, -0.05) is 25.7 Å². The van der Waals surface area contributed by atoms with Gasteiger partial charge in [0.1, 0.15) is 0 Å². The second-order valence-corrected chi connectivity index (χ2v) is 6.25. The van der Waals surface area contributed by atoms with E-state index in [1.807, 2.05) is 0 Å². The van der Waals surface area contributed by atoms with Crippen molar-refractivity contribution >= 4 is 5.96 Å². The van der Waals surface area contributed by atoms with Gasteiger partial charge in [0.15, 0.2) is 5.96 Å². The van der Waals surface area contributed by atoms with E-state index in [4.69, 9.17) is 4.74 Å². The molecule has 21 heavy (non-hydrogen) atoms. The molecule has 1 aliphatic carbocycles. The van der Waals surface area contributed by atoms with Gasteiger partial charge in [0.2, 0.25) is 0 Å². The van der Waals surface area contributed by atoms with E-state index in [0.29, 0.717) is 12.1 Å². The summed E-state index contributed by atoms with van der Waals surface area (Å²) in [7, 11) is 0. The molecule has 0 heterocycles. The molecule has 0 radical (unpaired) electrons. The van der Waals surface area contributed by atoms with E-state index in [-0.39, 0.29) is 0 Å². The molecule has 0 bridgehead atoms. The largest absolute Gasteiger partial charge is 0.378 e. The average molecular weight is 297 g/mol.